The van der Waals surface area contributed by atoms with Gasteiger partial charge in [-0.3, -0.25) is 19.4 Å². The number of amides is 3. The number of nitrogens with zero attached hydrogens (tertiary/aromatic N) is 3. The second-order valence-electron chi connectivity index (χ2n) is 13.4. The molecular formula is C34H38F3N5O4. The summed E-state index contributed by atoms with van der Waals surface area (Å²) in [5.74, 6) is 1.93. The second kappa shape index (κ2) is 12.2. The minimum absolute atomic E-state index is 0.0791. The number of ether oxygens (including phenoxy) is 1. The van der Waals surface area contributed by atoms with E-state index >= 15 is 0 Å². The lowest BCUT2D eigenvalue weighted by Crippen LogP contribution is -2.61. The Kier molecular flexibility index (Phi) is 8.82. The van der Waals surface area contributed by atoms with Crippen LogP contribution in [0.2, 0.25) is 0 Å². The number of nitriles is 1. The van der Waals surface area contributed by atoms with Crippen LogP contribution in [0.1, 0.15) is 65.0 Å². The van der Waals surface area contributed by atoms with Crippen molar-refractivity contribution in [3.63, 3.8) is 0 Å². The van der Waals surface area contributed by atoms with Crippen LogP contribution in [0.5, 0.6) is 0 Å². The zero-order valence-corrected chi connectivity index (χ0v) is 26.5. The first kappa shape index (κ1) is 33.2. The third-order valence-electron chi connectivity index (χ3n) is 9.94. The van der Waals surface area contributed by atoms with Gasteiger partial charge in [-0.2, -0.15) is 18.4 Å². The summed E-state index contributed by atoms with van der Waals surface area (Å²) in [4.78, 5) is 45.6. The number of aromatic nitrogens is 1. The Balaban J connectivity index is 1.40. The van der Waals surface area contributed by atoms with Crippen molar-refractivity contribution in [1.82, 2.24) is 20.5 Å². The lowest BCUT2D eigenvalue weighted by Gasteiger charge is -2.43. The van der Waals surface area contributed by atoms with E-state index in [0.29, 0.717) is 18.4 Å². The number of carbonyl (C=O) groups excluding carboxylic acids is 3. The molecule has 3 amide bonds. The van der Waals surface area contributed by atoms with Crippen molar-refractivity contribution >= 4 is 28.5 Å². The van der Waals surface area contributed by atoms with Crippen LogP contribution < -0.4 is 10.6 Å². The van der Waals surface area contributed by atoms with Gasteiger partial charge in [0, 0.05) is 41.7 Å². The minimum Gasteiger partial charge on any atom is -0.370 e. The van der Waals surface area contributed by atoms with Crippen LogP contribution in [0.15, 0.2) is 30.6 Å². The molecule has 1 saturated heterocycles. The molecule has 2 aromatic rings. The number of likely N-dealkylation sites (tertiary alicyclic amines) is 1. The number of benzene rings is 1. The molecule has 1 unspecified atom stereocenters. The van der Waals surface area contributed by atoms with Gasteiger partial charge in [0.2, 0.25) is 11.8 Å². The first-order valence-corrected chi connectivity index (χ1v) is 15.5. The highest BCUT2D eigenvalue weighted by atomic mass is 19.4. The quantitative estimate of drug-likeness (QED) is 0.400. The lowest BCUT2D eigenvalue weighted by atomic mass is 9.81. The number of alkyl halides is 3. The van der Waals surface area contributed by atoms with Gasteiger partial charge in [-0.25, -0.2) is 0 Å². The summed E-state index contributed by atoms with van der Waals surface area (Å²) in [6.45, 7) is 9.06. The number of hydrogen-bond donors (Lipinski definition) is 2. The van der Waals surface area contributed by atoms with Gasteiger partial charge in [0.1, 0.15) is 18.1 Å². The standard InChI is InChI=1S/C34H38F3N5O4/c1-6-9-20-10-7-11-21-16-39-17-22(25(20)21)14-23(15-38)40-29(43)28-26-24(32(26,3)4)18-42(28)30(44)27(41-31(45)34(35,36)37)19(2)46-33(5)12-8-13-33/h7,10-11,16-17,19,23-24,26-28H,8,12-14,18H2,1-5H3,(H,40,43)(H,41,45)/t19-,23?,24+,26+,27+,28+/m1/s1. The predicted molar refractivity (Wildman–Crippen MR) is 163 cm³/mol. The van der Waals surface area contributed by atoms with E-state index < -0.39 is 53.7 Å². The maximum atomic E-state index is 14.0. The van der Waals surface area contributed by atoms with Crippen LogP contribution >= 0.6 is 0 Å². The SMILES string of the molecule is CC#Cc1cccc2cncc(CC(C#N)NC(=O)[C@@H]3[C@@H]4[C@H](CN3C(=O)[C@@H](NC(=O)C(F)(F)F)[C@@H](C)OC3(C)CCC3)C4(C)C)c12. The maximum absolute atomic E-state index is 14.0. The molecule has 6 atom stereocenters. The van der Waals surface area contributed by atoms with Crippen LogP contribution in [0, 0.1) is 40.4 Å². The van der Waals surface area contributed by atoms with Crippen LogP contribution in [-0.2, 0) is 25.5 Å². The molecule has 0 bridgehead atoms. The van der Waals surface area contributed by atoms with Gasteiger partial charge in [-0.15, -0.1) is 5.92 Å². The third-order valence-corrected chi connectivity index (χ3v) is 9.94. The van der Waals surface area contributed by atoms with E-state index in [9.17, 15) is 32.8 Å². The van der Waals surface area contributed by atoms with Gasteiger partial charge in [-0.1, -0.05) is 31.9 Å². The number of rotatable bonds is 9. The summed E-state index contributed by atoms with van der Waals surface area (Å²) < 4.78 is 46.1. The summed E-state index contributed by atoms with van der Waals surface area (Å²) in [6, 6.07) is 4.02. The van der Waals surface area contributed by atoms with E-state index in [1.807, 2.05) is 44.3 Å². The van der Waals surface area contributed by atoms with E-state index in [1.165, 1.54) is 11.8 Å². The highest BCUT2D eigenvalue weighted by Crippen LogP contribution is 2.65. The Bertz CT molecular complexity index is 1650. The van der Waals surface area contributed by atoms with Crippen molar-refractivity contribution in [2.24, 2.45) is 17.3 Å². The van der Waals surface area contributed by atoms with Crippen molar-refractivity contribution < 1.29 is 32.3 Å². The molecule has 46 heavy (non-hydrogen) atoms. The molecule has 12 heteroatoms. The minimum atomic E-state index is -5.22. The Hall–Kier alpha value is -4.16. The third kappa shape index (κ3) is 6.28. The van der Waals surface area contributed by atoms with Crippen molar-refractivity contribution in [1.29, 1.82) is 5.26 Å². The summed E-state index contributed by atoms with van der Waals surface area (Å²) in [5.41, 5.74) is 0.540. The zero-order chi connectivity index (χ0) is 33.6. The topological polar surface area (TPSA) is 124 Å². The fraction of sp³-hybridized carbons (Fsp3) is 0.559. The molecule has 2 heterocycles. The number of fused-ring (bicyclic) bond motifs is 2. The number of halogens is 3. The van der Waals surface area contributed by atoms with Crippen molar-refractivity contribution in [3.05, 3.63) is 41.7 Å². The largest absolute Gasteiger partial charge is 0.471 e. The van der Waals surface area contributed by atoms with E-state index in [2.05, 4.69) is 28.2 Å². The van der Waals surface area contributed by atoms with E-state index in [0.717, 1.165) is 22.8 Å². The maximum Gasteiger partial charge on any atom is 0.471 e. The number of nitrogens with one attached hydrogen (secondary N) is 2. The first-order valence-electron chi connectivity index (χ1n) is 15.5. The second-order valence-corrected chi connectivity index (χ2v) is 13.4. The van der Waals surface area contributed by atoms with Crippen LogP contribution in [0.3, 0.4) is 0 Å². The number of piperidine rings is 1. The van der Waals surface area contributed by atoms with Crippen LogP contribution in [0.25, 0.3) is 10.8 Å². The van der Waals surface area contributed by atoms with Gasteiger partial charge >= 0.3 is 12.1 Å². The summed E-state index contributed by atoms with van der Waals surface area (Å²) in [6.07, 6.45) is -0.649. The number of carbonyl (C=O) groups is 3. The van der Waals surface area contributed by atoms with Crippen LogP contribution in [-0.4, -0.2) is 70.2 Å². The zero-order valence-electron chi connectivity index (χ0n) is 26.5. The number of hydrogen-bond acceptors (Lipinski definition) is 6. The van der Waals surface area contributed by atoms with E-state index in [-0.39, 0.29) is 30.2 Å². The molecule has 0 radical (unpaired) electrons. The van der Waals surface area contributed by atoms with Gasteiger partial charge < -0.3 is 20.3 Å². The normalized spacial score (nSPS) is 24.2. The summed E-state index contributed by atoms with van der Waals surface area (Å²) >= 11 is 0. The summed E-state index contributed by atoms with van der Waals surface area (Å²) in [5, 5.41) is 16.4. The smallest absolute Gasteiger partial charge is 0.370 e. The monoisotopic (exact) mass is 637 g/mol. The molecule has 244 valence electrons. The molecule has 1 aromatic carbocycles. The van der Waals surface area contributed by atoms with E-state index in [1.54, 1.807) is 19.3 Å². The fourth-order valence-electron chi connectivity index (χ4n) is 7.21. The Morgan fingerprint density at radius 2 is 1.89 bits per heavy atom. The Morgan fingerprint density at radius 3 is 2.50 bits per heavy atom. The molecule has 1 aromatic heterocycles. The average Bonchev–Trinajstić information content (AvgIpc) is 3.29. The van der Waals surface area contributed by atoms with Crippen molar-refractivity contribution in [2.45, 2.75) is 96.3 Å². The molecule has 3 fully saturated rings. The predicted octanol–water partition coefficient (Wildman–Crippen LogP) is 4.03. The van der Waals surface area contributed by atoms with Gasteiger partial charge in [-0.05, 0) is 68.9 Å². The molecule has 2 N–H and O–H groups in total. The van der Waals surface area contributed by atoms with E-state index in [4.69, 9.17) is 4.74 Å². The fourth-order valence-corrected chi connectivity index (χ4v) is 7.21. The lowest BCUT2D eigenvalue weighted by molar-refractivity contribution is -0.180. The molecule has 5 rings (SSSR count). The molecular weight excluding hydrogens is 599 g/mol. The molecule has 2 aliphatic carbocycles. The molecule has 0 spiro atoms. The van der Waals surface area contributed by atoms with Crippen molar-refractivity contribution in [2.75, 3.05) is 6.54 Å². The first-order chi connectivity index (χ1) is 21.6. The van der Waals surface area contributed by atoms with Crippen molar-refractivity contribution in [3.8, 4) is 17.9 Å². The number of pyridine rings is 1. The Morgan fingerprint density at radius 1 is 1.17 bits per heavy atom. The molecule has 1 aliphatic heterocycles. The molecule has 3 aliphatic rings. The highest BCUT2D eigenvalue weighted by Gasteiger charge is 2.70. The summed E-state index contributed by atoms with van der Waals surface area (Å²) in [7, 11) is 0. The molecule has 9 nitrogen and oxygen atoms in total. The van der Waals surface area contributed by atoms with Gasteiger partial charge in [0.05, 0.1) is 17.8 Å². The van der Waals surface area contributed by atoms with Gasteiger partial charge in [0.25, 0.3) is 0 Å². The molecule has 2 saturated carbocycles. The average molecular weight is 638 g/mol. The van der Waals surface area contributed by atoms with Gasteiger partial charge in [0.15, 0.2) is 0 Å². The van der Waals surface area contributed by atoms with Crippen LogP contribution in [0.4, 0.5) is 13.2 Å². The highest BCUT2D eigenvalue weighted by molar-refractivity contribution is 5.95. The Labute approximate surface area is 266 Å².